The Kier molecular flexibility index (Phi) is 2.32. The summed E-state index contributed by atoms with van der Waals surface area (Å²) in [4.78, 5) is 11.4. The quantitative estimate of drug-likeness (QED) is 0.740. The SMILES string of the molecule is CC(=O)c1cnoc1-c1ccc2c(c1)CCC2. The number of fused-ring (bicyclic) bond motifs is 1. The van der Waals surface area contributed by atoms with E-state index in [-0.39, 0.29) is 5.78 Å². The van der Waals surface area contributed by atoms with E-state index in [2.05, 4.69) is 17.3 Å². The van der Waals surface area contributed by atoms with Crippen LogP contribution in [0.1, 0.15) is 34.8 Å². The van der Waals surface area contributed by atoms with Gasteiger partial charge < -0.3 is 4.52 Å². The van der Waals surface area contributed by atoms with E-state index in [9.17, 15) is 4.79 Å². The molecule has 0 spiro atoms. The van der Waals surface area contributed by atoms with Crippen LogP contribution in [-0.4, -0.2) is 10.9 Å². The molecular weight excluding hydrogens is 214 g/mol. The zero-order valence-electron chi connectivity index (χ0n) is 9.69. The Labute approximate surface area is 99.4 Å². The van der Waals surface area contributed by atoms with E-state index in [1.807, 2.05) is 6.07 Å². The lowest BCUT2D eigenvalue weighted by Crippen LogP contribution is -1.92. The lowest BCUT2D eigenvalue weighted by molar-refractivity contribution is 0.101. The number of nitrogens with zero attached hydrogens (tertiary/aromatic N) is 1. The molecule has 0 aliphatic heterocycles. The second kappa shape index (κ2) is 3.84. The van der Waals surface area contributed by atoms with Gasteiger partial charge in [0.2, 0.25) is 0 Å². The van der Waals surface area contributed by atoms with Gasteiger partial charge in [0, 0.05) is 5.56 Å². The number of hydrogen-bond acceptors (Lipinski definition) is 3. The third-order valence-corrected chi connectivity index (χ3v) is 3.31. The van der Waals surface area contributed by atoms with Crippen LogP contribution in [0.25, 0.3) is 11.3 Å². The first kappa shape index (κ1) is 10.3. The first-order chi connectivity index (χ1) is 8.25. The number of aryl methyl sites for hydroxylation is 2. The van der Waals surface area contributed by atoms with Crippen molar-refractivity contribution in [3.63, 3.8) is 0 Å². The highest BCUT2D eigenvalue weighted by Crippen LogP contribution is 2.29. The summed E-state index contributed by atoms with van der Waals surface area (Å²) >= 11 is 0. The first-order valence-electron chi connectivity index (χ1n) is 5.83. The van der Waals surface area contributed by atoms with Crippen molar-refractivity contribution in [2.24, 2.45) is 0 Å². The minimum Gasteiger partial charge on any atom is -0.356 e. The third kappa shape index (κ3) is 1.68. The van der Waals surface area contributed by atoms with Gasteiger partial charge in [-0.1, -0.05) is 17.3 Å². The predicted octanol–water partition coefficient (Wildman–Crippen LogP) is 3.03. The molecule has 2 aromatic rings. The molecule has 0 radical (unpaired) electrons. The average molecular weight is 227 g/mol. The molecule has 0 N–H and O–H groups in total. The Morgan fingerprint density at radius 2 is 2.12 bits per heavy atom. The van der Waals surface area contributed by atoms with Crippen LogP contribution in [0.5, 0.6) is 0 Å². The summed E-state index contributed by atoms with van der Waals surface area (Å²) in [6, 6.07) is 6.26. The Bertz CT molecular complexity index is 584. The fourth-order valence-corrected chi connectivity index (χ4v) is 2.41. The fraction of sp³-hybridized carbons (Fsp3) is 0.286. The molecule has 1 aliphatic carbocycles. The highest BCUT2D eigenvalue weighted by molar-refractivity contribution is 5.99. The number of carbonyl (C=O) groups is 1. The fourth-order valence-electron chi connectivity index (χ4n) is 2.41. The summed E-state index contributed by atoms with van der Waals surface area (Å²) in [6.07, 6.45) is 4.98. The number of ketones is 1. The van der Waals surface area contributed by atoms with Gasteiger partial charge in [-0.25, -0.2) is 0 Å². The minimum absolute atomic E-state index is 0.0123. The number of hydrogen-bond donors (Lipinski definition) is 0. The van der Waals surface area contributed by atoms with Gasteiger partial charge in [0.05, 0.1) is 11.8 Å². The van der Waals surface area contributed by atoms with E-state index in [4.69, 9.17) is 4.52 Å². The van der Waals surface area contributed by atoms with E-state index >= 15 is 0 Å². The Morgan fingerprint density at radius 1 is 1.29 bits per heavy atom. The summed E-state index contributed by atoms with van der Waals surface area (Å²) in [6.45, 7) is 1.53. The molecule has 0 atom stereocenters. The molecule has 0 amide bonds. The lowest BCUT2D eigenvalue weighted by Gasteiger charge is -2.02. The molecule has 1 aromatic heterocycles. The van der Waals surface area contributed by atoms with Gasteiger partial charge in [-0.15, -0.1) is 0 Å². The topological polar surface area (TPSA) is 43.1 Å². The second-order valence-electron chi connectivity index (χ2n) is 4.46. The van der Waals surface area contributed by atoms with Gasteiger partial charge in [0.15, 0.2) is 11.5 Å². The van der Waals surface area contributed by atoms with Crippen molar-refractivity contribution in [2.45, 2.75) is 26.2 Å². The second-order valence-corrected chi connectivity index (χ2v) is 4.46. The van der Waals surface area contributed by atoms with Crippen molar-refractivity contribution in [3.8, 4) is 11.3 Å². The maximum Gasteiger partial charge on any atom is 0.177 e. The van der Waals surface area contributed by atoms with E-state index < -0.39 is 0 Å². The molecule has 0 unspecified atom stereocenters. The van der Waals surface area contributed by atoms with Crippen LogP contribution < -0.4 is 0 Å². The molecule has 17 heavy (non-hydrogen) atoms. The largest absolute Gasteiger partial charge is 0.356 e. The maximum atomic E-state index is 11.4. The van der Waals surface area contributed by atoms with Gasteiger partial charge in [0.1, 0.15) is 0 Å². The zero-order chi connectivity index (χ0) is 11.8. The minimum atomic E-state index is -0.0123. The molecule has 3 heteroatoms. The Morgan fingerprint density at radius 3 is 2.94 bits per heavy atom. The number of Topliss-reactive ketones (excluding diaryl/α,β-unsaturated/α-hetero) is 1. The molecular formula is C14H13NO2. The molecule has 86 valence electrons. The number of benzene rings is 1. The number of aromatic nitrogens is 1. The first-order valence-corrected chi connectivity index (χ1v) is 5.83. The number of rotatable bonds is 2. The van der Waals surface area contributed by atoms with Crippen LogP contribution in [-0.2, 0) is 12.8 Å². The van der Waals surface area contributed by atoms with Gasteiger partial charge in [-0.05, 0) is 43.4 Å². The highest BCUT2D eigenvalue weighted by atomic mass is 16.5. The summed E-state index contributed by atoms with van der Waals surface area (Å²) in [7, 11) is 0. The summed E-state index contributed by atoms with van der Waals surface area (Å²) in [5.41, 5.74) is 4.29. The van der Waals surface area contributed by atoms with Crippen molar-refractivity contribution >= 4 is 5.78 Å². The van der Waals surface area contributed by atoms with Crippen LogP contribution >= 0.6 is 0 Å². The highest BCUT2D eigenvalue weighted by Gasteiger charge is 2.17. The van der Waals surface area contributed by atoms with Gasteiger partial charge >= 0.3 is 0 Å². The molecule has 0 saturated heterocycles. The summed E-state index contributed by atoms with van der Waals surface area (Å²) in [5.74, 6) is 0.578. The van der Waals surface area contributed by atoms with E-state index in [0.29, 0.717) is 11.3 Å². The van der Waals surface area contributed by atoms with Crippen LogP contribution in [0.15, 0.2) is 28.9 Å². The summed E-state index contributed by atoms with van der Waals surface area (Å²) < 4.78 is 5.20. The van der Waals surface area contributed by atoms with Crippen molar-refractivity contribution in [1.29, 1.82) is 0 Å². The molecule has 3 nitrogen and oxygen atoms in total. The Hall–Kier alpha value is -1.90. The van der Waals surface area contributed by atoms with E-state index in [0.717, 1.165) is 18.4 Å². The molecule has 0 bridgehead atoms. The average Bonchev–Trinajstić information content (AvgIpc) is 2.96. The monoisotopic (exact) mass is 227 g/mol. The van der Waals surface area contributed by atoms with Crippen LogP contribution in [0, 0.1) is 0 Å². The molecule has 3 rings (SSSR count). The van der Waals surface area contributed by atoms with Crippen molar-refractivity contribution in [2.75, 3.05) is 0 Å². The van der Waals surface area contributed by atoms with Crippen LogP contribution in [0.4, 0.5) is 0 Å². The lowest BCUT2D eigenvalue weighted by atomic mass is 10.0. The molecule has 1 heterocycles. The van der Waals surface area contributed by atoms with Gasteiger partial charge in [0.25, 0.3) is 0 Å². The smallest absolute Gasteiger partial charge is 0.177 e. The zero-order valence-corrected chi connectivity index (χ0v) is 9.69. The molecule has 1 aliphatic rings. The Balaban J connectivity index is 2.09. The van der Waals surface area contributed by atoms with Gasteiger partial charge in [-0.3, -0.25) is 4.79 Å². The predicted molar refractivity (Wildman–Crippen MR) is 64.0 cm³/mol. The number of carbonyl (C=O) groups excluding carboxylic acids is 1. The maximum absolute atomic E-state index is 11.4. The molecule has 0 saturated carbocycles. The third-order valence-electron chi connectivity index (χ3n) is 3.31. The molecule has 0 fully saturated rings. The van der Waals surface area contributed by atoms with Crippen molar-refractivity contribution < 1.29 is 9.32 Å². The van der Waals surface area contributed by atoms with Crippen LogP contribution in [0.2, 0.25) is 0 Å². The summed E-state index contributed by atoms with van der Waals surface area (Å²) in [5, 5.41) is 3.72. The standard InChI is InChI=1S/C14H13NO2/c1-9(16)13-8-15-17-14(13)12-6-5-10-3-2-4-11(10)7-12/h5-8H,2-4H2,1H3. The van der Waals surface area contributed by atoms with Crippen molar-refractivity contribution in [1.82, 2.24) is 5.16 Å². The van der Waals surface area contributed by atoms with E-state index in [1.165, 1.54) is 30.7 Å². The van der Waals surface area contributed by atoms with E-state index in [1.54, 1.807) is 0 Å². The normalized spacial score (nSPS) is 13.7. The van der Waals surface area contributed by atoms with Crippen molar-refractivity contribution in [3.05, 3.63) is 41.1 Å². The molecule has 1 aromatic carbocycles. The van der Waals surface area contributed by atoms with Gasteiger partial charge in [-0.2, -0.15) is 0 Å². The van der Waals surface area contributed by atoms with Crippen LogP contribution in [0.3, 0.4) is 0 Å².